The maximum absolute atomic E-state index is 12.8. The Labute approximate surface area is 120 Å². The van der Waals surface area contributed by atoms with Gasteiger partial charge in [0.05, 0.1) is 0 Å². The van der Waals surface area contributed by atoms with Crippen molar-refractivity contribution in [2.24, 2.45) is 5.92 Å². The van der Waals surface area contributed by atoms with Crippen molar-refractivity contribution in [2.45, 2.75) is 24.4 Å². The Morgan fingerprint density at radius 1 is 1.47 bits per heavy atom. The highest BCUT2D eigenvalue weighted by Gasteiger charge is 2.28. The molecule has 6 heteroatoms. The molecule has 0 aliphatic heterocycles. The summed E-state index contributed by atoms with van der Waals surface area (Å²) in [6, 6.07) is 4.86. The topological polar surface area (TPSA) is 29.5 Å². The largest absolute Gasteiger partial charge is 0.508 e. The summed E-state index contributed by atoms with van der Waals surface area (Å²) in [5.41, 5.74) is 1.64. The molecule has 1 aromatic carbocycles. The standard InChI is InChI=1S/C13H14F2O2S2/c1-8-2-3-9-7-10(16)4-5-11(9)12(6-8)17-19-13(14,15)18/h4-8,16,18H,2-3H2,1H3. The smallest absolute Gasteiger partial charge is 0.373 e. The van der Waals surface area contributed by atoms with E-state index in [4.69, 9.17) is 4.18 Å². The Morgan fingerprint density at radius 2 is 2.21 bits per heavy atom. The number of rotatable bonds is 3. The monoisotopic (exact) mass is 304 g/mol. The fraction of sp³-hybridized carbons (Fsp3) is 0.385. The van der Waals surface area contributed by atoms with Crippen molar-refractivity contribution >= 4 is 30.4 Å². The van der Waals surface area contributed by atoms with Gasteiger partial charge in [0.15, 0.2) is 0 Å². The summed E-state index contributed by atoms with van der Waals surface area (Å²) in [4.78, 5) is 0. The molecule has 2 rings (SSSR count). The zero-order valence-electron chi connectivity index (χ0n) is 10.3. The fourth-order valence-electron chi connectivity index (χ4n) is 2.01. The van der Waals surface area contributed by atoms with Crippen LogP contribution in [0.2, 0.25) is 0 Å². The van der Waals surface area contributed by atoms with Crippen molar-refractivity contribution in [1.29, 1.82) is 0 Å². The highest BCUT2D eigenvalue weighted by Crippen LogP contribution is 2.39. The molecule has 0 fully saturated rings. The van der Waals surface area contributed by atoms with Crippen LogP contribution < -0.4 is 0 Å². The van der Waals surface area contributed by atoms with Crippen LogP contribution in [0.15, 0.2) is 24.3 Å². The first-order valence-electron chi connectivity index (χ1n) is 5.85. The van der Waals surface area contributed by atoms with Crippen molar-refractivity contribution in [3.8, 4) is 5.75 Å². The number of allylic oxidation sites excluding steroid dienone is 1. The van der Waals surface area contributed by atoms with E-state index in [1.54, 1.807) is 12.1 Å². The minimum atomic E-state index is -3.24. The molecule has 104 valence electrons. The number of benzene rings is 1. The molecule has 2 nitrogen and oxygen atoms in total. The minimum Gasteiger partial charge on any atom is -0.508 e. The van der Waals surface area contributed by atoms with Gasteiger partial charge in [0.2, 0.25) is 0 Å². The molecule has 0 spiro atoms. The van der Waals surface area contributed by atoms with Crippen molar-refractivity contribution in [1.82, 2.24) is 0 Å². The van der Waals surface area contributed by atoms with Gasteiger partial charge < -0.3 is 9.29 Å². The van der Waals surface area contributed by atoms with E-state index in [9.17, 15) is 13.9 Å². The quantitative estimate of drug-likeness (QED) is 0.491. The second-order valence-corrected chi connectivity index (χ2v) is 6.25. The SMILES string of the molecule is CC1C=C(OSC(F)(F)S)c2ccc(O)cc2CC1. The molecule has 1 aliphatic rings. The van der Waals surface area contributed by atoms with E-state index in [0.29, 0.717) is 5.76 Å². The van der Waals surface area contributed by atoms with Crippen LogP contribution in [-0.2, 0) is 10.6 Å². The van der Waals surface area contributed by atoms with Gasteiger partial charge in [0.25, 0.3) is 0 Å². The van der Waals surface area contributed by atoms with Gasteiger partial charge in [0, 0.05) is 5.56 Å². The van der Waals surface area contributed by atoms with E-state index < -0.39 is 4.59 Å². The lowest BCUT2D eigenvalue weighted by molar-refractivity contribution is 0.206. The zero-order chi connectivity index (χ0) is 14.0. The molecule has 0 aromatic heterocycles. The summed E-state index contributed by atoms with van der Waals surface area (Å²) in [7, 11) is 0. The van der Waals surface area contributed by atoms with Crippen molar-refractivity contribution in [2.75, 3.05) is 0 Å². The van der Waals surface area contributed by atoms with Gasteiger partial charge >= 0.3 is 4.59 Å². The Morgan fingerprint density at radius 3 is 2.89 bits per heavy atom. The molecular weight excluding hydrogens is 290 g/mol. The normalized spacial score (nSPS) is 19.4. The first-order valence-corrected chi connectivity index (χ1v) is 7.04. The number of phenols is 1. The predicted molar refractivity (Wildman–Crippen MR) is 76.2 cm³/mol. The van der Waals surface area contributed by atoms with Crippen LogP contribution in [-0.4, -0.2) is 9.69 Å². The number of fused-ring (bicyclic) bond motifs is 1. The third-order valence-electron chi connectivity index (χ3n) is 2.89. The fourth-order valence-corrected chi connectivity index (χ4v) is 2.46. The molecule has 0 radical (unpaired) electrons. The maximum atomic E-state index is 12.8. The molecule has 0 saturated carbocycles. The van der Waals surface area contributed by atoms with Crippen LogP contribution in [0.4, 0.5) is 8.78 Å². The van der Waals surface area contributed by atoms with E-state index in [0.717, 1.165) is 24.0 Å². The molecule has 0 saturated heterocycles. The second kappa shape index (κ2) is 5.63. The lowest BCUT2D eigenvalue weighted by Crippen LogP contribution is -2.00. The molecule has 1 aliphatic carbocycles. The van der Waals surface area contributed by atoms with Crippen LogP contribution in [0.1, 0.15) is 24.5 Å². The average Bonchev–Trinajstić information content (AvgIpc) is 2.45. The molecule has 1 aromatic rings. The average molecular weight is 304 g/mol. The molecule has 1 unspecified atom stereocenters. The first kappa shape index (κ1) is 14.5. The molecule has 1 N–H and O–H groups in total. The van der Waals surface area contributed by atoms with E-state index in [-0.39, 0.29) is 23.7 Å². The van der Waals surface area contributed by atoms with Crippen LogP contribution in [0.5, 0.6) is 5.75 Å². The predicted octanol–water partition coefficient (Wildman–Crippen LogP) is 4.46. The summed E-state index contributed by atoms with van der Waals surface area (Å²) < 4.78 is 27.4. The highest BCUT2D eigenvalue weighted by atomic mass is 32.2. The Hall–Kier alpha value is -0.880. The number of hydrogen-bond acceptors (Lipinski definition) is 4. The van der Waals surface area contributed by atoms with Crippen LogP contribution in [0, 0.1) is 5.92 Å². The number of aryl methyl sites for hydroxylation is 1. The Bertz CT molecular complexity index is 498. The van der Waals surface area contributed by atoms with Gasteiger partial charge in [-0.1, -0.05) is 19.6 Å². The number of halogens is 2. The van der Waals surface area contributed by atoms with Gasteiger partial charge in [0.1, 0.15) is 23.6 Å². The first-order chi connectivity index (χ1) is 8.85. The molecule has 19 heavy (non-hydrogen) atoms. The maximum Gasteiger partial charge on any atom is 0.373 e. The zero-order valence-corrected chi connectivity index (χ0v) is 12.0. The van der Waals surface area contributed by atoms with Crippen LogP contribution in [0.3, 0.4) is 0 Å². The molecule has 0 heterocycles. The van der Waals surface area contributed by atoms with E-state index in [1.165, 1.54) is 6.07 Å². The number of phenolic OH excluding ortho intramolecular Hbond substituents is 1. The van der Waals surface area contributed by atoms with Gasteiger partial charge in [-0.05, 0) is 48.6 Å². The highest BCUT2D eigenvalue weighted by molar-refractivity contribution is 8.08. The number of thiol groups is 1. The molecular formula is C13H14F2O2S2. The van der Waals surface area contributed by atoms with Crippen molar-refractivity contribution < 1.29 is 18.1 Å². The summed E-state index contributed by atoms with van der Waals surface area (Å²) >= 11 is 3.15. The molecule has 0 amide bonds. The lowest BCUT2D eigenvalue weighted by atomic mass is 10.0. The van der Waals surface area contributed by atoms with E-state index >= 15 is 0 Å². The van der Waals surface area contributed by atoms with Crippen LogP contribution in [0.25, 0.3) is 5.76 Å². The summed E-state index contributed by atoms with van der Waals surface area (Å²) in [5, 5.41) is 9.49. The van der Waals surface area contributed by atoms with E-state index in [2.05, 4.69) is 12.6 Å². The van der Waals surface area contributed by atoms with Gasteiger partial charge in [-0.15, -0.1) is 0 Å². The van der Waals surface area contributed by atoms with Crippen LogP contribution >= 0.6 is 24.7 Å². The summed E-state index contributed by atoms with van der Waals surface area (Å²) in [6.07, 6.45) is 3.48. The summed E-state index contributed by atoms with van der Waals surface area (Å²) in [6.45, 7) is 2.00. The third kappa shape index (κ3) is 4.04. The number of alkyl halides is 2. The van der Waals surface area contributed by atoms with Gasteiger partial charge in [-0.3, -0.25) is 0 Å². The number of hydrogen-bond donors (Lipinski definition) is 2. The van der Waals surface area contributed by atoms with E-state index in [1.807, 2.05) is 13.0 Å². The Kier molecular flexibility index (Phi) is 4.30. The number of aromatic hydroxyl groups is 1. The van der Waals surface area contributed by atoms with Gasteiger partial charge in [-0.2, -0.15) is 8.78 Å². The lowest BCUT2D eigenvalue weighted by Gasteiger charge is -2.14. The van der Waals surface area contributed by atoms with Gasteiger partial charge in [-0.25, -0.2) is 0 Å². The molecule has 1 atom stereocenters. The van der Waals surface area contributed by atoms with Crippen molar-refractivity contribution in [3.63, 3.8) is 0 Å². The Balaban J connectivity index is 2.29. The van der Waals surface area contributed by atoms with Crippen molar-refractivity contribution in [3.05, 3.63) is 35.4 Å². The summed E-state index contributed by atoms with van der Waals surface area (Å²) in [5.74, 6) is 0.789. The third-order valence-corrected chi connectivity index (χ3v) is 3.58. The second-order valence-electron chi connectivity index (χ2n) is 4.54. The minimum absolute atomic E-state index is 0.0193. The molecule has 0 bridgehead atoms.